The number of hydrogen-bond donors (Lipinski definition) is 0. The number of rotatable bonds is 3. The zero-order chi connectivity index (χ0) is 14.7. The Kier molecular flexibility index (Phi) is 4.17. The quantitative estimate of drug-likeness (QED) is 0.815. The van der Waals surface area contributed by atoms with Crippen LogP contribution in [-0.4, -0.2) is 40.3 Å². The molecule has 0 fully saturated rings. The van der Waals surface area contributed by atoms with Crippen molar-refractivity contribution in [3.63, 3.8) is 0 Å². The summed E-state index contributed by atoms with van der Waals surface area (Å²) < 4.78 is 7.36. The SMILES string of the molecule is COC1CN(C(=O)/C=C/c2cccs2)Cc2ccnn2C1. The molecule has 2 aromatic rings. The molecule has 2 aromatic heterocycles. The van der Waals surface area contributed by atoms with Crippen LogP contribution >= 0.6 is 11.3 Å². The number of carbonyl (C=O) groups excluding carboxylic acids is 1. The van der Waals surface area contributed by atoms with E-state index in [1.54, 1.807) is 35.6 Å². The van der Waals surface area contributed by atoms with Gasteiger partial charge >= 0.3 is 0 Å². The minimum Gasteiger partial charge on any atom is -0.378 e. The smallest absolute Gasteiger partial charge is 0.247 e. The normalized spacial score (nSPS) is 18.7. The monoisotopic (exact) mass is 303 g/mol. The van der Waals surface area contributed by atoms with E-state index in [-0.39, 0.29) is 12.0 Å². The number of thiophene rings is 1. The van der Waals surface area contributed by atoms with Crippen LogP contribution in [-0.2, 0) is 22.6 Å². The molecular weight excluding hydrogens is 286 g/mol. The van der Waals surface area contributed by atoms with Crippen LogP contribution in [0.2, 0.25) is 0 Å². The van der Waals surface area contributed by atoms with Gasteiger partial charge in [0.15, 0.2) is 0 Å². The molecule has 6 heteroatoms. The van der Waals surface area contributed by atoms with Crippen molar-refractivity contribution < 1.29 is 9.53 Å². The van der Waals surface area contributed by atoms with E-state index in [1.165, 1.54) is 0 Å². The largest absolute Gasteiger partial charge is 0.378 e. The molecule has 0 saturated heterocycles. The minimum atomic E-state index is -0.0368. The van der Waals surface area contributed by atoms with Crippen LogP contribution in [0.15, 0.2) is 35.9 Å². The number of nitrogens with zero attached hydrogens (tertiary/aromatic N) is 3. The van der Waals surface area contributed by atoms with Crippen LogP contribution in [0, 0.1) is 0 Å². The van der Waals surface area contributed by atoms with Crippen molar-refractivity contribution in [2.45, 2.75) is 19.2 Å². The Bertz CT molecular complexity index is 633. The Morgan fingerprint density at radius 3 is 3.14 bits per heavy atom. The predicted octanol–water partition coefficient (Wildman–Crippen LogP) is 2.02. The average molecular weight is 303 g/mol. The summed E-state index contributed by atoms with van der Waals surface area (Å²) in [4.78, 5) is 15.3. The molecule has 3 heterocycles. The topological polar surface area (TPSA) is 47.4 Å². The first-order valence-electron chi connectivity index (χ1n) is 6.80. The molecule has 1 aliphatic rings. The summed E-state index contributed by atoms with van der Waals surface area (Å²) in [6.07, 6.45) is 5.21. The van der Waals surface area contributed by atoms with Crippen molar-refractivity contribution in [1.82, 2.24) is 14.7 Å². The molecule has 110 valence electrons. The first-order chi connectivity index (χ1) is 10.3. The van der Waals surface area contributed by atoms with Crippen LogP contribution in [0.1, 0.15) is 10.6 Å². The second kappa shape index (κ2) is 6.24. The number of ether oxygens (including phenoxy) is 1. The zero-order valence-corrected chi connectivity index (χ0v) is 12.6. The summed E-state index contributed by atoms with van der Waals surface area (Å²) in [5.41, 5.74) is 1.03. The predicted molar refractivity (Wildman–Crippen MR) is 81.8 cm³/mol. The first-order valence-corrected chi connectivity index (χ1v) is 7.68. The Hall–Kier alpha value is -1.92. The standard InChI is InChI=1S/C15H17N3O2S/c1-20-13-10-17(9-12-6-7-16-18(12)11-13)15(19)5-4-14-3-2-8-21-14/h2-8,13H,9-11H2,1H3/b5-4+. The fraction of sp³-hybridized carbons (Fsp3) is 0.333. The fourth-order valence-corrected chi connectivity index (χ4v) is 3.00. The molecule has 1 aliphatic heterocycles. The molecule has 3 rings (SSSR count). The Labute approximate surface area is 127 Å². The highest BCUT2D eigenvalue weighted by Gasteiger charge is 2.24. The maximum absolute atomic E-state index is 12.4. The van der Waals surface area contributed by atoms with Gasteiger partial charge < -0.3 is 9.64 Å². The van der Waals surface area contributed by atoms with Gasteiger partial charge in [-0.2, -0.15) is 5.10 Å². The van der Waals surface area contributed by atoms with Gasteiger partial charge in [0.05, 0.1) is 24.9 Å². The molecule has 1 amide bonds. The summed E-state index contributed by atoms with van der Waals surface area (Å²) >= 11 is 1.61. The van der Waals surface area contributed by atoms with Crippen molar-refractivity contribution in [1.29, 1.82) is 0 Å². The van der Waals surface area contributed by atoms with Gasteiger partial charge in [0.2, 0.25) is 5.91 Å². The molecule has 0 saturated carbocycles. The van der Waals surface area contributed by atoms with Crippen LogP contribution in [0.5, 0.6) is 0 Å². The van der Waals surface area contributed by atoms with E-state index in [0.717, 1.165) is 10.6 Å². The van der Waals surface area contributed by atoms with Gasteiger partial charge in [0.1, 0.15) is 0 Å². The van der Waals surface area contributed by atoms with Crippen molar-refractivity contribution >= 4 is 23.3 Å². The van der Waals surface area contributed by atoms with E-state index < -0.39 is 0 Å². The lowest BCUT2D eigenvalue weighted by atomic mass is 10.3. The number of aromatic nitrogens is 2. The van der Waals surface area contributed by atoms with E-state index in [1.807, 2.05) is 34.3 Å². The fourth-order valence-electron chi connectivity index (χ4n) is 2.38. The molecule has 0 aromatic carbocycles. The van der Waals surface area contributed by atoms with E-state index in [0.29, 0.717) is 19.6 Å². The third-order valence-corrected chi connectivity index (χ3v) is 4.37. The lowest BCUT2D eigenvalue weighted by Crippen LogP contribution is -2.35. The first kappa shape index (κ1) is 14.0. The molecule has 1 unspecified atom stereocenters. The Morgan fingerprint density at radius 2 is 2.38 bits per heavy atom. The highest BCUT2D eigenvalue weighted by Crippen LogP contribution is 2.15. The van der Waals surface area contributed by atoms with Gasteiger partial charge in [-0.3, -0.25) is 9.48 Å². The molecule has 0 spiro atoms. The average Bonchev–Trinajstić information content (AvgIpc) is 3.12. The summed E-state index contributed by atoms with van der Waals surface area (Å²) in [5.74, 6) is 0.0000926. The van der Waals surface area contributed by atoms with Crippen LogP contribution in [0.3, 0.4) is 0 Å². The number of carbonyl (C=O) groups is 1. The van der Waals surface area contributed by atoms with Gasteiger partial charge in [0.25, 0.3) is 0 Å². The molecular formula is C15H17N3O2S. The Balaban J connectivity index is 1.76. The van der Waals surface area contributed by atoms with Crippen molar-refractivity contribution in [2.75, 3.05) is 13.7 Å². The third kappa shape index (κ3) is 3.22. The van der Waals surface area contributed by atoms with Crippen LogP contribution in [0.4, 0.5) is 0 Å². The number of fused-ring (bicyclic) bond motifs is 1. The van der Waals surface area contributed by atoms with E-state index in [4.69, 9.17) is 4.74 Å². The van der Waals surface area contributed by atoms with E-state index in [2.05, 4.69) is 5.10 Å². The summed E-state index contributed by atoms with van der Waals surface area (Å²) in [6.45, 7) is 1.82. The molecule has 21 heavy (non-hydrogen) atoms. The van der Waals surface area contributed by atoms with Crippen molar-refractivity contribution in [2.24, 2.45) is 0 Å². The van der Waals surface area contributed by atoms with Gasteiger partial charge in [-0.1, -0.05) is 6.07 Å². The highest BCUT2D eigenvalue weighted by molar-refractivity contribution is 7.10. The summed E-state index contributed by atoms with van der Waals surface area (Å²) in [6, 6.07) is 5.91. The van der Waals surface area contributed by atoms with Crippen LogP contribution in [0.25, 0.3) is 6.08 Å². The maximum atomic E-state index is 12.4. The van der Waals surface area contributed by atoms with Gasteiger partial charge in [-0.25, -0.2) is 0 Å². The zero-order valence-electron chi connectivity index (χ0n) is 11.8. The molecule has 0 N–H and O–H groups in total. The van der Waals surface area contributed by atoms with E-state index in [9.17, 15) is 4.79 Å². The van der Waals surface area contributed by atoms with Gasteiger partial charge in [0, 0.05) is 30.8 Å². The highest BCUT2D eigenvalue weighted by atomic mass is 32.1. The van der Waals surface area contributed by atoms with Gasteiger partial charge in [-0.15, -0.1) is 11.3 Å². The second-order valence-electron chi connectivity index (χ2n) is 4.93. The summed E-state index contributed by atoms with van der Waals surface area (Å²) in [5, 5.41) is 6.27. The molecule has 1 atom stereocenters. The van der Waals surface area contributed by atoms with Gasteiger partial charge in [-0.05, 0) is 23.6 Å². The lowest BCUT2D eigenvalue weighted by molar-refractivity contribution is -0.128. The molecule has 0 aliphatic carbocycles. The third-order valence-electron chi connectivity index (χ3n) is 3.54. The van der Waals surface area contributed by atoms with Crippen molar-refractivity contribution in [3.8, 4) is 0 Å². The Morgan fingerprint density at radius 1 is 1.48 bits per heavy atom. The number of amides is 1. The lowest BCUT2D eigenvalue weighted by Gasteiger charge is -2.21. The molecule has 5 nitrogen and oxygen atoms in total. The molecule has 0 bridgehead atoms. The van der Waals surface area contributed by atoms with Crippen LogP contribution < -0.4 is 0 Å². The second-order valence-corrected chi connectivity index (χ2v) is 5.91. The number of methoxy groups -OCH3 is 1. The van der Waals surface area contributed by atoms with Crippen molar-refractivity contribution in [3.05, 3.63) is 46.4 Å². The summed E-state index contributed by atoms with van der Waals surface area (Å²) in [7, 11) is 1.67. The molecule has 0 radical (unpaired) electrons. The maximum Gasteiger partial charge on any atom is 0.247 e. The number of hydrogen-bond acceptors (Lipinski definition) is 4. The van der Waals surface area contributed by atoms with E-state index >= 15 is 0 Å². The minimum absolute atomic E-state index is 0.0000926.